The quantitative estimate of drug-likeness (QED) is 0.807. The van der Waals surface area contributed by atoms with Gasteiger partial charge in [-0.2, -0.15) is 0 Å². The van der Waals surface area contributed by atoms with Gasteiger partial charge in [-0.05, 0) is 44.6 Å². The highest BCUT2D eigenvalue weighted by atomic mass is 16.2. The molecule has 0 radical (unpaired) electrons. The number of amides is 1. The molecule has 1 saturated heterocycles. The predicted molar refractivity (Wildman–Crippen MR) is 95.7 cm³/mol. The van der Waals surface area contributed by atoms with E-state index in [2.05, 4.69) is 49.9 Å². The fourth-order valence-corrected chi connectivity index (χ4v) is 3.40. The number of piperazine rings is 1. The number of carbonyl (C=O) groups is 1. The summed E-state index contributed by atoms with van der Waals surface area (Å²) < 4.78 is 0. The predicted octanol–water partition coefficient (Wildman–Crippen LogP) is 2.69. The monoisotopic (exact) mass is 317 g/mol. The molecule has 0 N–H and O–H groups in total. The molecule has 1 aromatic carbocycles. The van der Waals surface area contributed by atoms with Crippen LogP contribution in [0.25, 0.3) is 0 Å². The molecule has 0 atom stereocenters. The minimum Gasteiger partial charge on any atom is -0.336 e. The molecule has 1 amide bonds. The van der Waals surface area contributed by atoms with Gasteiger partial charge in [-0.3, -0.25) is 9.69 Å². The maximum atomic E-state index is 12.6. The Morgan fingerprint density at radius 3 is 2.09 bits per heavy atom. The van der Waals surface area contributed by atoms with E-state index < -0.39 is 0 Å². The zero-order chi connectivity index (χ0) is 16.8. The lowest BCUT2D eigenvalue weighted by atomic mass is 10.1. The number of benzene rings is 1. The van der Waals surface area contributed by atoms with Gasteiger partial charge in [0.25, 0.3) is 5.91 Å². The Morgan fingerprint density at radius 2 is 1.61 bits per heavy atom. The first-order valence-corrected chi connectivity index (χ1v) is 8.82. The van der Waals surface area contributed by atoms with Gasteiger partial charge in [0.05, 0.1) is 0 Å². The second-order valence-electron chi connectivity index (χ2n) is 6.73. The lowest BCUT2D eigenvalue weighted by Gasteiger charge is -2.38. The number of nitrogens with zero attached hydrogens (tertiary/aromatic N) is 3. The van der Waals surface area contributed by atoms with E-state index in [1.165, 1.54) is 18.4 Å². The highest BCUT2D eigenvalue weighted by molar-refractivity contribution is 5.94. The summed E-state index contributed by atoms with van der Waals surface area (Å²) in [7, 11) is 4.11. The van der Waals surface area contributed by atoms with Crippen molar-refractivity contribution in [2.45, 2.75) is 39.3 Å². The maximum absolute atomic E-state index is 12.6. The molecule has 1 aliphatic rings. The molecule has 2 rings (SSSR count). The first-order valence-electron chi connectivity index (χ1n) is 8.82. The van der Waals surface area contributed by atoms with Gasteiger partial charge < -0.3 is 9.80 Å². The molecule has 4 heteroatoms. The van der Waals surface area contributed by atoms with Gasteiger partial charge in [0.15, 0.2) is 0 Å². The Morgan fingerprint density at radius 1 is 1.04 bits per heavy atom. The third-order valence-electron chi connectivity index (χ3n) is 4.76. The Hall–Kier alpha value is -1.39. The van der Waals surface area contributed by atoms with Crippen molar-refractivity contribution in [1.29, 1.82) is 0 Å². The Kier molecular flexibility index (Phi) is 6.60. The standard InChI is InChI=1S/C19H31N3O/c1-5-18(6-2)21-11-13-22(14-12-21)19(23)17-9-7-16(8-10-17)15-20(3)4/h7-10,18H,5-6,11-15H2,1-4H3. The van der Waals surface area contributed by atoms with E-state index in [4.69, 9.17) is 0 Å². The van der Waals surface area contributed by atoms with Crippen LogP contribution < -0.4 is 0 Å². The number of hydrogen-bond donors (Lipinski definition) is 0. The molecular formula is C19H31N3O. The van der Waals surface area contributed by atoms with E-state index in [1.54, 1.807) is 0 Å². The third-order valence-corrected chi connectivity index (χ3v) is 4.76. The van der Waals surface area contributed by atoms with Crippen LogP contribution in [0.15, 0.2) is 24.3 Å². The van der Waals surface area contributed by atoms with Crippen molar-refractivity contribution in [2.24, 2.45) is 0 Å². The van der Waals surface area contributed by atoms with Crippen molar-refractivity contribution in [2.75, 3.05) is 40.3 Å². The molecule has 0 bridgehead atoms. The van der Waals surface area contributed by atoms with E-state index in [0.29, 0.717) is 6.04 Å². The Balaban J connectivity index is 1.92. The largest absolute Gasteiger partial charge is 0.336 e. The molecule has 0 aromatic heterocycles. The lowest BCUT2D eigenvalue weighted by molar-refractivity contribution is 0.0559. The average molecular weight is 317 g/mol. The number of carbonyl (C=O) groups excluding carboxylic acids is 1. The summed E-state index contributed by atoms with van der Waals surface area (Å²) in [5.74, 6) is 0.172. The average Bonchev–Trinajstić information content (AvgIpc) is 2.56. The van der Waals surface area contributed by atoms with Crippen LogP contribution in [-0.2, 0) is 6.54 Å². The third kappa shape index (κ3) is 4.79. The smallest absolute Gasteiger partial charge is 0.253 e. The van der Waals surface area contributed by atoms with Crippen LogP contribution in [0.5, 0.6) is 0 Å². The molecule has 1 aliphatic heterocycles. The fourth-order valence-electron chi connectivity index (χ4n) is 3.40. The zero-order valence-electron chi connectivity index (χ0n) is 15.1. The molecule has 0 spiro atoms. The number of hydrogen-bond acceptors (Lipinski definition) is 3. The summed E-state index contributed by atoms with van der Waals surface area (Å²) >= 11 is 0. The van der Waals surface area contributed by atoms with Gasteiger partial charge in [-0.15, -0.1) is 0 Å². The maximum Gasteiger partial charge on any atom is 0.253 e. The highest BCUT2D eigenvalue weighted by Gasteiger charge is 2.25. The van der Waals surface area contributed by atoms with Crippen molar-refractivity contribution in [3.8, 4) is 0 Å². The lowest BCUT2D eigenvalue weighted by Crippen LogP contribution is -2.51. The van der Waals surface area contributed by atoms with Crippen LogP contribution in [0.3, 0.4) is 0 Å². The molecule has 0 unspecified atom stereocenters. The Bertz CT molecular complexity index is 486. The normalized spacial score (nSPS) is 16.3. The SMILES string of the molecule is CCC(CC)N1CCN(C(=O)c2ccc(CN(C)C)cc2)CC1. The molecule has 128 valence electrons. The van der Waals surface area contributed by atoms with E-state index in [0.717, 1.165) is 38.3 Å². The summed E-state index contributed by atoms with van der Waals surface area (Å²) in [6, 6.07) is 8.72. The van der Waals surface area contributed by atoms with Gasteiger partial charge >= 0.3 is 0 Å². The van der Waals surface area contributed by atoms with Crippen molar-refractivity contribution in [1.82, 2.24) is 14.7 Å². The van der Waals surface area contributed by atoms with Crippen LogP contribution in [0.2, 0.25) is 0 Å². The highest BCUT2D eigenvalue weighted by Crippen LogP contribution is 2.15. The van der Waals surface area contributed by atoms with Crippen LogP contribution in [-0.4, -0.2) is 66.9 Å². The summed E-state index contributed by atoms with van der Waals surface area (Å²) in [5, 5.41) is 0. The zero-order valence-corrected chi connectivity index (χ0v) is 15.1. The van der Waals surface area contributed by atoms with Crippen molar-refractivity contribution < 1.29 is 4.79 Å². The second-order valence-corrected chi connectivity index (χ2v) is 6.73. The van der Waals surface area contributed by atoms with Gasteiger partial charge in [-0.1, -0.05) is 26.0 Å². The molecule has 1 fully saturated rings. The van der Waals surface area contributed by atoms with E-state index >= 15 is 0 Å². The molecule has 0 saturated carbocycles. The molecular weight excluding hydrogens is 286 g/mol. The van der Waals surface area contributed by atoms with Crippen LogP contribution >= 0.6 is 0 Å². The fraction of sp³-hybridized carbons (Fsp3) is 0.632. The van der Waals surface area contributed by atoms with Gasteiger partial charge in [0, 0.05) is 44.3 Å². The van der Waals surface area contributed by atoms with E-state index in [9.17, 15) is 4.79 Å². The van der Waals surface area contributed by atoms with Crippen LogP contribution in [0.4, 0.5) is 0 Å². The molecule has 1 heterocycles. The minimum absolute atomic E-state index is 0.172. The first kappa shape index (κ1) is 18.0. The van der Waals surface area contributed by atoms with Crippen LogP contribution in [0, 0.1) is 0 Å². The molecule has 4 nitrogen and oxygen atoms in total. The minimum atomic E-state index is 0.172. The van der Waals surface area contributed by atoms with Crippen molar-refractivity contribution in [3.63, 3.8) is 0 Å². The van der Waals surface area contributed by atoms with E-state index in [-0.39, 0.29) is 5.91 Å². The molecule has 0 aliphatic carbocycles. The second kappa shape index (κ2) is 8.46. The van der Waals surface area contributed by atoms with Crippen LogP contribution in [0.1, 0.15) is 42.6 Å². The van der Waals surface area contributed by atoms with Gasteiger partial charge in [-0.25, -0.2) is 0 Å². The van der Waals surface area contributed by atoms with Crippen molar-refractivity contribution in [3.05, 3.63) is 35.4 Å². The van der Waals surface area contributed by atoms with Crippen molar-refractivity contribution >= 4 is 5.91 Å². The summed E-state index contributed by atoms with van der Waals surface area (Å²) in [6.07, 6.45) is 2.38. The Labute approximate surface area is 141 Å². The van der Waals surface area contributed by atoms with E-state index in [1.807, 2.05) is 17.0 Å². The summed E-state index contributed by atoms with van der Waals surface area (Å²) in [6.45, 7) is 9.09. The molecule has 1 aromatic rings. The summed E-state index contributed by atoms with van der Waals surface area (Å²) in [4.78, 5) is 19.3. The van der Waals surface area contributed by atoms with Gasteiger partial charge in [0.2, 0.25) is 0 Å². The van der Waals surface area contributed by atoms with Gasteiger partial charge in [0.1, 0.15) is 0 Å². The summed E-state index contributed by atoms with van der Waals surface area (Å²) in [5.41, 5.74) is 2.05. The molecule has 23 heavy (non-hydrogen) atoms. The number of rotatable bonds is 6. The first-order chi connectivity index (χ1) is 11.0. The topological polar surface area (TPSA) is 26.8 Å².